The van der Waals surface area contributed by atoms with Gasteiger partial charge in [-0.15, -0.1) is 0 Å². The van der Waals surface area contributed by atoms with E-state index in [2.05, 4.69) is 5.32 Å². The van der Waals surface area contributed by atoms with Crippen molar-refractivity contribution >= 4 is 5.91 Å². The Balaban J connectivity index is 1.67. The van der Waals surface area contributed by atoms with Gasteiger partial charge in [-0.05, 0) is 12.8 Å². The van der Waals surface area contributed by atoms with Gasteiger partial charge in [0.15, 0.2) is 0 Å². The third-order valence-electron chi connectivity index (χ3n) is 3.23. The average molecular weight is 228 g/mol. The van der Waals surface area contributed by atoms with Crippen molar-refractivity contribution in [3.8, 4) is 0 Å². The maximum atomic E-state index is 11.3. The molecule has 1 N–H and O–H groups in total. The van der Waals surface area contributed by atoms with Crippen LogP contribution < -0.4 is 5.32 Å². The molecule has 0 saturated carbocycles. The minimum absolute atomic E-state index is 0.250. The first-order valence-electron chi connectivity index (χ1n) is 5.92. The predicted molar refractivity (Wildman–Crippen MR) is 59.0 cm³/mol. The summed E-state index contributed by atoms with van der Waals surface area (Å²) in [4.78, 5) is 13.1. The molecule has 0 bridgehead atoms. The fraction of sp³-hybridized carbons (Fsp3) is 0.909. The Hall–Kier alpha value is -0.650. The SMILES string of the molecule is CN1CC(NCC2CCOCO2)CCC1=O. The van der Waals surface area contributed by atoms with E-state index in [1.54, 1.807) is 4.90 Å². The van der Waals surface area contributed by atoms with Crippen molar-refractivity contribution in [2.45, 2.75) is 31.4 Å². The van der Waals surface area contributed by atoms with Gasteiger partial charge in [0.1, 0.15) is 6.79 Å². The zero-order chi connectivity index (χ0) is 11.4. The first-order valence-corrected chi connectivity index (χ1v) is 5.92. The predicted octanol–water partition coefficient (Wildman–Crippen LogP) is -0.0402. The second-order valence-corrected chi connectivity index (χ2v) is 4.52. The lowest BCUT2D eigenvalue weighted by atomic mass is 10.1. The molecule has 2 aliphatic rings. The molecular weight excluding hydrogens is 208 g/mol. The van der Waals surface area contributed by atoms with E-state index in [4.69, 9.17) is 9.47 Å². The Morgan fingerprint density at radius 2 is 2.38 bits per heavy atom. The maximum absolute atomic E-state index is 11.3. The smallest absolute Gasteiger partial charge is 0.222 e. The lowest BCUT2D eigenvalue weighted by molar-refractivity contribution is -0.138. The maximum Gasteiger partial charge on any atom is 0.222 e. The van der Waals surface area contributed by atoms with Gasteiger partial charge in [-0.25, -0.2) is 0 Å². The van der Waals surface area contributed by atoms with Gasteiger partial charge in [0.05, 0.1) is 12.7 Å². The lowest BCUT2D eigenvalue weighted by Gasteiger charge is -2.32. The average Bonchev–Trinajstić information content (AvgIpc) is 2.32. The van der Waals surface area contributed by atoms with E-state index >= 15 is 0 Å². The minimum atomic E-state index is 0.250. The molecule has 2 saturated heterocycles. The van der Waals surface area contributed by atoms with Crippen LogP contribution in [0.5, 0.6) is 0 Å². The van der Waals surface area contributed by atoms with E-state index in [1.807, 2.05) is 7.05 Å². The fourth-order valence-corrected chi connectivity index (χ4v) is 2.14. The highest BCUT2D eigenvalue weighted by Gasteiger charge is 2.23. The molecule has 0 spiro atoms. The number of nitrogens with zero attached hydrogens (tertiary/aromatic N) is 1. The molecule has 2 rings (SSSR count). The van der Waals surface area contributed by atoms with Gasteiger partial charge in [-0.1, -0.05) is 0 Å². The molecule has 2 aliphatic heterocycles. The van der Waals surface area contributed by atoms with Crippen LogP contribution in [-0.4, -0.2) is 56.5 Å². The van der Waals surface area contributed by atoms with Crippen LogP contribution in [0, 0.1) is 0 Å². The molecule has 1 amide bonds. The van der Waals surface area contributed by atoms with Crippen LogP contribution in [0.25, 0.3) is 0 Å². The first kappa shape index (κ1) is 11.8. The third kappa shape index (κ3) is 3.17. The summed E-state index contributed by atoms with van der Waals surface area (Å²) in [6, 6.07) is 0.411. The lowest BCUT2D eigenvalue weighted by Crippen LogP contribution is -2.49. The summed E-state index contributed by atoms with van der Waals surface area (Å²) in [6.07, 6.45) is 2.81. The van der Waals surface area contributed by atoms with E-state index in [1.165, 1.54) is 0 Å². The number of likely N-dealkylation sites (N-methyl/N-ethyl adjacent to an activating group) is 1. The number of nitrogens with one attached hydrogen (secondary N) is 1. The summed E-state index contributed by atoms with van der Waals surface area (Å²) in [6.45, 7) is 2.86. The Morgan fingerprint density at radius 3 is 3.06 bits per heavy atom. The number of hydrogen-bond donors (Lipinski definition) is 1. The molecule has 2 heterocycles. The Labute approximate surface area is 96.1 Å². The van der Waals surface area contributed by atoms with E-state index in [9.17, 15) is 4.79 Å². The zero-order valence-corrected chi connectivity index (χ0v) is 9.78. The molecule has 2 fully saturated rings. The van der Waals surface area contributed by atoms with Crippen molar-refractivity contribution in [2.24, 2.45) is 0 Å². The van der Waals surface area contributed by atoms with Crippen LogP contribution in [0.15, 0.2) is 0 Å². The van der Waals surface area contributed by atoms with Crippen LogP contribution in [0.1, 0.15) is 19.3 Å². The number of carbonyl (C=O) groups is 1. The van der Waals surface area contributed by atoms with Gasteiger partial charge in [-0.3, -0.25) is 4.79 Å². The topological polar surface area (TPSA) is 50.8 Å². The van der Waals surface area contributed by atoms with Crippen molar-refractivity contribution in [3.63, 3.8) is 0 Å². The molecular formula is C11H20N2O3. The molecule has 0 aromatic heterocycles. The number of piperidine rings is 1. The molecule has 5 nitrogen and oxygen atoms in total. The van der Waals surface area contributed by atoms with Crippen molar-refractivity contribution in [2.75, 3.05) is 33.5 Å². The highest BCUT2D eigenvalue weighted by Crippen LogP contribution is 2.11. The number of rotatable bonds is 3. The van der Waals surface area contributed by atoms with Crippen LogP contribution in [0.3, 0.4) is 0 Å². The summed E-state index contributed by atoms with van der Waals surface area (Å²) in [5.74, 6) is 0.250. The Morgan fingerprint density at radius 1 is 1.50 bits per heavy atom. The van der Waals surface area contributed by atoms with Gasteiger partial charge in [0.2, 0.25) is 5.91 Å². The number of hydrogen-bond acceptors (Lipinski definition) is 4. The van der Waals surface area contributed by atoms with Crippen molar-refractivity contribution < 1.29 is 14.3 Å². The molecule has 92 valence electrons. The molecule has 0 aromatic carbocycles. The van der Waals surface area contributed by atoms with E-state index < -0.39 is 0 Å². The van der Waals surface area contributed by atoms with E-state index in [0.717, 1.165) is 32.5 Å². The minimum Gasteiger partial charge on any atom is -0.355 e. The Bertz CT molecular complexity index is 241. The standard InChI is InChI=1S/C11H20N2O3/c1-13-7-9(2-3-11(13)14)12-6-10-4-5-15-8-16-10/h9-10,12H,2-8H2,1H3. The molecule has 16 heavy (non-hydrogen) atoms. The molecule has 0 radical (unpaired) electrons. The van der Waals surface area contributed by atoms with Gasteiger partial charge in [0.25, 0.3) is 0 Å². The van der Waals surface area contributed by atoms with Gasteiger partial charge in [0, 0.05) is 32.6 Å². The van der Waals surface area contributed by atoms with Crippen molar-refractivity contribution in [1.82, 2.24) is 10.2 Å². The second kappa shape index (κ2) is 5.61. The highest BCUT2D eigenvalue weighted by molar-refractivity contribution is 5.76. The first-order chi connectivity index (χ1) is 7.75. The fourth-order valence-electron chi connectivity index (χ4n) is 2.14. The number of likely N-dealkylation sites (tertiary alicyclic amines) is 1. The monoisotopic (exact) mass is 228 g/mol. The highest BCUT2D eigenvalue weighted by atomic mass is 16.7. The molecule has 0 aromatic rings. The van der Waals surface area contributed by atoms with Gasteiger partial charge < -0.3 is 19.7 Å². The van der Waals surface area contributed by atoms with E-state index in [0.29, 0.717) is 19.3 Å². The normalized spacial score (nSPS) is 31.8. The van der Waals surface area contributed by atoms with E-state index in [-0.39, 0.29) is 12.0 Å². The van der Waals surface area contributed by atoms with Gasteiger partial charge >= 0.3 is 0 Å². The number of ether oxygens (including phenoxy) is 2. The molecule has 5 heteroatoms. The summed E-state index contributed by atoms with van der Waals surface area (Å²) in [5, 5.41) is 3.47. The quantitative estimate of drug-likeness (QED) is 0.736. The van der Waals surface area contributed by atoms with Gasteiger partial charge in [-0.2, -0.15) is 0 Å². The molecule has 0 aliphatic carbocycles. The largest absolute Gasteiger partial charge is 0.355 e. The van der Waals surface area contributed by atoms with Crippen molar-refractivity contribution in [3.05, 3.63) is 0 Å². The number of carbonyl (C=O) groups excluding carboxylic acids is 1. The Kier molecular flexibility index (Phi) is 4.15. The molecule has 2 atom stereocenters. The zero-order valence-electron chi connectivity index (χ0n) is 9.78. The second-order valence-electron chi connectivity index (χ2n) is 4.52. The molecule has 2 unspecified atom stereocenters. The summed E-state index contributed by atoms with van der Waals surface area (Å²) >= 11 is 0. The number of amides is 1. The van der Waals surface area contributed by atoms with Crippen LogP contribution in [0.4, 0.5) is 0 Å². The summed E-state index contributed by atoms with van der Waals surface area (Å²) < 4.78 is 10.6. The van der Waals surface area contributed by atoms with Crippen LogP contribution in [0.2, 0.25) is 0 Å². The van der Waals surface area contributed by atoms with Crippen LogP contribution >= 0.6 is 0 Å². The third-order valence-corrected chi connectivity index (χ3v) is 3.23. The van der Waals surface area contributed by atoms with Crippen molar-refractivity contribution in [1.29, 1.82) is 0 Å². The summed E-state index contributed by atoms with van der Waals surface area (Å²) in [5.41, 5.74) is 0. The summed E-state index contributed by atoms with van der Waals surface area (Å²) in [7, 11) is 1.86. The van der Waals surface area contributed by atoms with Crippen LogP contribution in [-0.2, 0) is 14.3 Å².